The van der Waals surface area contributed by atoms with Crippen molar-refractivity contribution in [2.24, 2.45) is 0 Å². The number of benzene rings is 1. The van der Waals surface area contributed by atoms with E-state index in [1.807, 2.05) is 31.2 Å². The fourth-order valence-electron chi connectivity index (χ4n) is 3.56. The van der Waals surface area contributed by atoms with Crippen LogP contribution in [-0.4, -0.2) is 46.0 Å². The lowest BCUT2D eigenvalue weighted by molar-refractivity contribution is -0.155. The number of amides is 2. The highest BCUT2D eigenvalue weighted by Crippen LogP contribution is 2.47. The number of thioether (sulfide) groups is 1. The maximum Gasteiger partial charge on any atom is 0.330 e. The van der Waals surface area contributed by atoms with Gasteiger partial charge in [0.1, 0.15) is 6.04 Å². The smallest absolute Gasteiger partial charge is 0.330 e. The summed E-state index contributed by atoms with van der Waals surface area (Å²) in [6.45, 7) is 5.91. The number of carbonyl (C=O) groups excluding carboxylic acids is 3. The van der Waals surface area contributed by atoms with Gasteiger partial charge in [-0.2, -0.15) is 0 Å². The van der Waals surface area contributed by atoms with E-state index in [1.54, 1.807) is 16.7 Å². The zero-order chi connectivity index (χ0) is 19.6. The molecule has 0 spiro atoms. The molecule has 0 unspecified atom stereocenters. The predicted octanol–water partition coefficient (Wildman–Crippen LogP) is 3.14. The van der Waals surface area contributed by atoms with Crippen molar-refractivity contribution < 1.29 is 19.1 Å². The number of nitrogens with one attached hydrogen (secondary N) is 1. The molecule has 0 radical (unpaired) electrons. The standard InChI is InChI=1S/C20H26N2O4S/c1-4-13(2)14-5-7-15(8-6-14)21-17(23)11-26-19(25)16-12-27-20(3)10-9-18(24)22(16)20/h5-8,13,16H,4,9-12H2,1-3H3,(H,21,23)/t13-,16-,20+/m1/s1. The van der Waals surface area contributed by atoms with E-state index in [0.717, 1.165) is 12.8 Å². The molecule has 7 heteroatoms. The molecule has 3 atom stereocenters. The van der Waals surface area contributed by atoms with Crippen LogP contribution in [0.2, 0.25) is 0 Å². The topological polar surface area (TPSA) is 75.7 Å². The Morgan fingerprint density at radius 1 is 1.37 bits per heavy atom. The third-order valence-corrected chi connectivity index (χ3v) is 6.94. The molecule has 3 rings (SSSR count). The first-order valence-corrected chi connectivity index (χ1v) is 10.3. The first-order valence-electron chi connectivity index (χ1n) is 9.36. The van der Waals surface area contributed by atoms with E-state index in [-0.39, 0.29) is 23.3 Å². The Balaban J connectivity index is 1.50. The monoisotopic (exact) mass is 390 g/mol. The average Bonchev–Trinajstić information content (AvgIpc) is 3.15. The number of nitrogens with zero attached hydrogens (tertiary/aromatic N) is 1. The second kappa shape index (κ2) is 7.92. The van der Waals surface area contributed by atoms with Gasteiger partial charge in [-0.25, -0.2) is 4.79 Å². The molecule has 27 heavy (non-hydrogen) atoms. The van der Waals surface area contributed by atoms with Crippen LogP contribution in [0.4, 0.5) is 5.69 Å². The lowest BCUT2D eigenvalue weighted by atomic mass is 9.99. The summed E-state index contributed by atoms with van der Waals surface area (Å²) in [5, 5.41) is 2.73. The number of fused-ring (bicyclic) bond motifs is 1. The van der Waals surface area contributed by atoms with Crippen molar-refractivity contribution in [3.63, 3.8) is 0 Å². The van der Waals surface area contributed by atoms with Crippen molar-refractivity contribution in [1.82, 2.24) is 4.90 Å². The van der Waals surface area contributed by atoms with E-state index in [9.17, 15) is 14.4 Å². The predicted molar refractivity (Wildman–Crippen MR) is 105 cm³/mol. The highest BCUT2D eigenvalue weighted by molar-refractivity contribution is 8.01. The SMILES string of the molecule is CC[C@@H](C)c1ccc(NC(=O)COC(=O)[C@H]2CS[C@@]3(C)CCC(=O)N23)cc1. The van der Waals surface area contributed by atoms with Gasteiger partial charge < -0.3 is 15.0 Å². The Morgan fingerprint density at radius 2 is 2.07 bits per heavy atom. The minimum atomic E-state index is -0.599. The van der Waals surface area contributed by atoms with Crippen molar-refractivity contribution in [2.75, 3.05) is 17.7 Å². The van der Waals surface area contributed by atoms with Crippen LogP contribution in [0.25, 0.3) is 0 Å². The molecular formula is C20H26N2O4S. The zero-order valence-electron chi connectivity index (χ0n) is 16.0. The van der Waals surface area contributed by atoms with Crippen molar-refractivity contribution in [2.45, 2.75) is 56.9 Å². The van der Waals surface area contributed by atoms with Gasteiger partial charge in [0, 0.05) is 17.9 Å². The largest absolute Gasteiger partial charge is 0.454 e. The lowest BCUT2D eigenvalue weighted by Gasteiger charge is -2.29. The van der Waals surface area contributed by atoms with Crippen molar-refractivity contribution in [3.05, 3.63) is 29.8 Å². The van der Waals surface area contributed by atoms with Crippen molar-refractivity contribution in [1.29, 1.82) is 0 Å². The third-order valence-electron chi connectivity index (χ3n) is 5.44. The Hall–Kier alpha value is -2.02. The van der Waals surface area contributed by atoms with Crippen LogP contribution in [0.5, 0.6) is 0 Å². The molecule has 1 aromatic rings. The molecule has 6 nitrogen and oxygen atoms in total. The second-order valence-corrected chi connectivity index (χ2v) is 8.85. The summed E-state index contributed by atoms with van der Waals surface area (Å²) in [5.41, 5.74) is 1.89. The molecule has 2 amide bonds. The molecule has 2 fully saturated rings. The molecule has 1 N–H and O–H groups in total. The number of esters is 1. The molecule has 2 heterocycles. The fraction of sp³-hybridized carbons (Fsp3) is 0.550. The summed E-state index contributed by atoms with van der Waals surface area (Å²) in [5.74, 6) is 0.0681. The maximum absolute atomic E-state index is 12.4. The molecule has 0 saturated carbocycles. The van der Waals surface area contributed by atoms with Gasteiger partial charge >= 0.3 is 5.97 Å². The number of hydrogen-bond acceptors (Lipinski definition) is 5. The molecule has 2 saturated heterocycles. The van der Waals surface area contributed by atoms with Gasteiger partial charge in [-0.1, -0.05) is 26.0 Å². The maximum atomic E-state index is 12.4. The van der Waals surface area contributed by atoms with Gasteiger partial charge in [0.05, 0.1) is 4.87 Å². The van der Waals surface area contributed by atoms with E-state index in [2.05, 4.69) is 19.2 Å². The number of anilines is 1. The van der Waals surface area contributed by atoms with Gasteiger partial charge in [-0.15, -0.1) is 11.8 Å². The van der Waals surface area contributed by atoms with Crippen LogP contribution in [0, 0.1) is 0 Å². The Bertz CT molecular complexity index is 736. The van der Waals surface area contributed by atoms with Crippen molar-refractivity contribution in [3.8, 4) is 0 Å². The van der Waals surface area contributed by atoms with Gasteiger partial charge in [-0.3, -0.25) is 9.59 Å². The van der Waals surface area contributed by atoms with E-state index in [1.165, 1.54) is 5.56 Å². The Labute approximate surface area is 164 Å². The number of carbonyl (C=O) groups is 3. The first-order chi connectivity index (χ1) is 12.8. The first kappa shape index (κ1) is 19.7. The summed E-state index contributed by atoms with van der Waals surface area (Å²) in [7, 11) is 0. The summed E-state index contributed by atoms with van der Waals surface area (Å²) >= 11 is 1.60. The van der Waals surface area contributed by atoms with E-state index in [4.69, 9.17) is 4.74 Å². The minimum absolute atomic E-state index is 0.0182. The van der Waals surface area contributed by atoms with Crippen molar-refractivity contribution >= 4 is 35.2 Å². The third kappa shape index (κ3) is 4.13. The van der Waals surface area contributed by atoms with Gasteiger partial charge in [0.25, 0.3) is 5.91 Å². The van der Waals surface area contributed by atoms with Gasteiger partial charge in [0.2, 0.25) is 5.91 Å². The van der Waals surface area contributed by atoms with Crippen LogP contribution in [0.3, 0.4) is 0 Å². The zero-order valence-corrected chi connectivity index (χ0v) is 16.8. The molecule has 0 bridgehead atoms. The number of hydrogen-bond donors (Lipinski definition) is 1. The molecule has 146 valence electrons. The van der Waals surface area contributed by atoms with Crippen LogP contribution in [-0.2, 0) is 19.1 Å². The highest BCUT2D eigenvalue weighted by atomic mass is 32.2. The molecule has 2 aliphatic rings. The van der Waals surface area contributed by atoms with E-state index >= 15 is 0 Å². The van der Waals surface area contributed by atoms with Gasteiger partial charge in [-0.05, 0) is 43.4 Å². The second-order valence-electron chi connectivity index (χ2n) is 7.35. The highest BCUT2D eigenvalue weighted by Gasteiger charge is 2.53. The minimum Gasteiger partial charge on any atom is -0.454 e. The number of ether oxygens (including phenoxy) is 1. The average molecular weight is 391 g/mol. The summed E-state index contributed by atoms with van der Waals surface area (Å²) in [6.07, 6.45) is 2.26. The molecular weight excluding hydrogens is 364 g/mol. The lowest BCUT2D eigenvalue weighted by Crippen LogP contribution is -2.47. The summed E-state index contributed by atoms with van der Waals surface area (Å²) in [4.78, 5) is 37.9. The molecule has 1 aromatic carbocycles. The fourth-order valence-corrected chi connectivity index (χ4v) is 4.97. The molecule has 0 aromatic heterocycles. The van der Waals surface area contributed by atoms with Crippen LogP contribution in [0.15, 0.2) is 24.3 Å². The van der Waals surface area contributed by atoms with E-state index < -0.39 is 12.0 Å². The van der Waals surface area contributed by atoms with Crippen LogP contribution < -0.4 is 5.32 Å². The Kier molecular flexibility index (Phi) is 5.79. The summed E-state index contributed by atoms with van der Waals surface area (Å²) < 4.78 is 5.18. The molecule has 0 aliphatic carbocycles. The van der Waals surface area contributed by atoms with E-state index in [0.29, 0.717) is 23.8 Å². The van der Waals surface area contributed by atoms with Gasteiger partial charge in [0.15, 0.2) is 6.61 Å². The quantitative estimate of drug-likeness (QED) is 0.755. The van der Waals surface area contributed by atoms with Crippen LogP contribution >= 0.6 is 11.8 Å². The summed E-state index contributed by atoms with van der Waals surface area (Å²) in [6, 6.07) is 7.08. The normalized spacial score (nSPS) is 25.2. The van der Waals surface area contributed by atoms with Crippen LogP contribution in [0.1, 0.15) is 51.5 Å². The number of rotatable bonds is 6. The molecule has 2 aliphatic heterocycles. The Morgan fingerprint density at radius 3 is 2.74 bits per heavy atom.